The van der Waals surface area contributed by atoms with Crippen molar-refractivity contribution in [2.24, 2.45) is 12.8 Å². The van der Waals surface area contributed by atoms with Gasteiger partial charge in [-0.15, -0.1) is 0 Å². The first-order valence-corrected chi connectivity index (χ1v) is 6.58. The minimum Gasteiger partial charge on any atom is -0.389 e. The molecule has 1 amide bonds. The quantitative estimate of drug-likeness (QED) is 0.853. The maximum atomic E-state index is 12.2. The molecule has 0 radical (unpaired) electrons. The first kappa shape index (κ1) is 14.5. The number of halogens is 1. The Morgan fingerprint density at radius 3 is 2.80 bits per heavy atom. The van der Waals surface area contributed by atoms with Crippen LogP contribution in [-0.4, -0.2) is 20.7 Å². The summed E-state index contributed by atoms with van der Waals surface area (Å²) < 4.78 is 1.51. The van der Waals surface area contributed by atoms with Crippen molar-refractivity contribution in [2.75, 3.05) is 5.32 Å². The Hall–Kier alpha value is -1.92. The second-order valence-electron chi connectivity index (χ2n) is 4.31. The van der Waals surface area contributed by atoms with E-state index in [-0.39, 0.29) is 10.9 Å². The van der Waals surface area contributed by atoms with E-state index in [1.807, 2.05) is 6.92 Å². The Bertz CT molecular complexity index is 696. The zero-order chi connectivity index (χ0) is 14.9. The number of aromatic nitrogens is 2. The number of hydrogen-bond acceptors (Lipinski definition) is 3. The van der Waals surface area contributed by atoms with E-state index in [1.54, 1.807) is 25.2 Å². The smallest absolute Gasteiger partial charge is 0.256 e. The number of rotatable bonds is 3. The summed E-state index contributed by atoms with van der Waals surface area (Å²) in [5.74, 6) is 0.195. The van der Waals surface area contributed by atoms with Crippen LogP contribution in [0, 0.1) is 6.92 Å². The Labute approximate surface area is 126 Å². The average molecular weight is 309 g/mol. The number of carbonyl (C=O) groups is 1. The highest BCUT2D eigenvalue weighted by molar-refractivity contribution is 7.80. The Balaban J connectivity index is 2.30. The molecule has 0 aliphatic heterocycles. The van der Waals surface area contributed by atoms with Gasteiger partial charge < -0.3 is 11.1 Å². The van der Waals surface area contributed by atoms with Crippen LogP contribution in [0.2, 0.25) is 5.02 Å². The van der Waals surface area contributed by atoms with Crippen molar-refractivity contribution in [1.29, 1.82) is 0 Å². The van der Waals surface area contributed by atoms with Gasteiger partial charge >= 0.3 is 0 Å². The van der Waals surface area contributed by atoms with Crippen molar-refractivity contribution in [2.45, 2.75) is 6.92 Å². The van der Waals surface area contributed by atoms with E-state index >= 15 is 0 Å². The molecule has 7 heteroatoms. The number of nitrogens with zero attached hydrogens (tertiary/aromatic N) is 2. The van der Waals surface area contributed by atoms with Crippen molar-refractivity contribution in [3.8, 4) is 0 Å². The zero-order valence-electron chi connectivity index (χ0n) is 11.0. The number of aryl methyl sites for hydroxylation is 2. The molecule has 0 aliphatic carbocycles. The molecule has 20 heavy (non-hydrogen) atoms. The summed E-state index contributed by atoms with van der Waals surface area (Å²) in [6.07, 6.45) is 1.52. The molecule has 0 unspecified atom stereocenters. The molecule has 2 rings (SSSR count). The third kappa shape index (κ3) is 2.81. The summed E-state index contributed by atoms with van der Waals surface area (Å²) in [7, 11) is 1.70. The van der Waals surface area contributed by atoms with E-state index in [0.717, 1.165) is 5.56 Å². The number of thiocarbonyl (C=S) groups is 1. The molecule has 104 valence electrons. The highest BCUT2D eigenvalue weighted by Gasteiger charge is 2.15. The molecular formula is C13H13ClN4OS. The van der Waals surface area contributed by atoms with Gasteiger partial charge in [-0.1, -0.05) is 23.8 Å². The van der Waals surface area contributed by atoms with Crippen LogP contribution < -0.4 is 11.1 Å². The van der Waals surface area contributed by atoms with Crippen LogP contribution in [0.5, 0.6) is 0 Å². The molecule has 1 heterocycles. The molecule has 0 saturated carbocycles. The molecule has 3 N–H and O–H groups in total. The van der Waals surface area contributed by atoms with Gasteiger partial charge in [0, 0.05) is 17.6 Å². The summed E-state index contributed by atoms with van der Waals surface area (Å²) >= 11 is 10.9. The lowest BCUT2D eigenvalue weighted by molar-refractivity contribution is 0.102. The standard InChI is InChI=1S/C13H13ClN4OS/c1-7-5-8(3-4-10(7)14)13(19)17-12-9(11(15)20)6-16-18(12)2/h3-6H,1-2H3,(H2,15,20)(H,17,19). The van der Waals surface area contributed by atoms with E-state index < -0.39 is 0 Å². The van der Waals surface area contributed by atoms with E-state index in [2.05, 4.69) is 10.4 Å². The first-order valence-electron chi connectivity index (χ1n) is 5.79. The van der Waals surface area contributed by atoms with Crippen molar-refractivity contribution in [3.63, 3.8) is 0 Å². The first-order chi connectivity index (χ1) is 9.40. The van der Waals surface area contributed by atoms with Gasteiger partial charge in [0.25, 0.3) is 5.91 Å². The molecule has 1 aromatic carbocycles. The van der Waals surface area contributed by atoms with E-state index in [1.165, 1.54) is 10.9 Å². The predicted octanol–water partition coefficient (Wildman–Crippen LogP) is 2.27. The number of amides is 1. The van der Waals surface area contributed by atoms with E-state index in [4.69, 9.17) is 29.6 Å². The number of anilines is 1. The SMILES string of the molecule is Cc1cc(C(=O)Nc2c(C(N)=S)cnn2C)ccc1Cl. The summed E-state index contributed by atoms with van der Waals surface area (Å²) in [5.41, 5.74) is 7.46. The van der Waals surface area contributed by atoms with Crippen LogP contribution >= 0.6 is 23.8 Å². The highest BCUT2D eigenvalue weighted by Crippen LogP contribution is 2.19. The number of hydrogen-bond donors (Lipinski definition) is 2. The third-order valence-electron chi connectivity index (χ3n) is 2.86. The molecule has 0 atom stereocenters. The molecule has 0 spiro atoms. The van der Waals surface area contributed by atoms with E-state index in [0.29, 0.717) is 22.0 Å². The summed E-state index contributed by atoms with van der Waals surface area (Å²) in [5, 5.41) is 7.40. The molecular weight excluding hydrogens is 296 g/mol. The van der Waals surface area contributed by atoms with Crippen LogP contribution in [0.4, 0.5) is 5.82 Å². The van der Waals surface area contributed by atoms with Crippen LogP contribution in [0.15, 0.2) is 24.4 Å². The van der Waals surface area contributed by atoms with Gasteiger partial charge in [-0.05, 0) is 30.7 Å². The number of benzene rings is 1. The molecule has 1 aromatic heterocycles. The molecule has 0 saturated heterocycles. The highest BCUT2D eigenvalue weighted by atomic mass is 35.5. The lowest BCUT2D eigenvalue weighted by Gasteiger charge is -2.08. The van der Waals surface area contributed by atoms with Crippen molar-refractivity contribution < 1.29 is 4.79 Å². The second-order valence-corrected chi connectivity index (χ2v) is 5.16. The molecule has 0 bridgehead atoms. The van der Waals surface area contributed by atoms with Gasteiger partial charge in [0.1, 0.15) is 10.8 Å². The van der Waals surface area contributed by atoms with Gasteiger partial charge in [0.05, 0.1) is 11.8 Å². The van der Waals surface area contributed by atoms with Crippen LogP contribution in [0.25, 0.3) is 0 Å². The monoisotopic (exact) mass is 308 g/mol. The Morgan fingerprint density at radius 1 is 1.50 bits per heavy atom. The maximum absolute atomic E-state index is 12.2. The Morgan fingerprint density at radius 2 is 2.20 bits per heavy atom. The molecule has 5 nitrogen and oxygen atoms in total. The average Bonchev–Trinajstić information content (AvgIpc) is 2.74. The lowest BCUT2D eigenvalue weighted by atomic mass is 10.1. The summed E-state index contributed by atoms with van der Waals surface area (Å²) in [6, 6.07) is 5.06. The fourth-order valence-electron chi connectivity index (χ4n) is 1.73. The molecule has 2 aromatic rings. The number of nitrogens with two attached hydrogens (primary N) is 1. The minimum atomic E-state index is -0.272. The predicted molar refractivity (Wildman–Crippen MR) is 83.2 cm³/mol. The minimum absolute atomic E-state index is 0.181. The van der Waals surface area contributed by atoms with Gasteiger partial charge in [0.2, 0.25) is 0 Å². The zero-order valence-corrected chi connectivity index (χ0v) is 12.5. The van der Waals surface area contributed by atoms with Crippen molar-refractivity contribution >= 4 is 40.5 Å². The lowest BCUT2D eigenvalue weighted by Crippen LogP contribution is -2.18. The van der Waals surface area contributed by atoms with E-state index in [9.17, 15) is 4.79 Å². The number of nitrogens with one attached hydrogen (secondary N) is 1. The van der Waals surface area contributed by atoms with Gasteiger partial charge in [-0.2, -0.15) is 5.10 Å². The maximum Gasteiger partial charge on any atom is 0.256 e. The van der Waals surface area contributed by atoms with Gasteiger partial charge in [-0.25, -0.2) is 0 Å². The Kier molecular flexibility index (Phi) is 4.06. The van der Waals surface area contributed by atoms with Crippen molar-refractivity contribution in [3.05, 3.63) is 46.1 Å². The topological polar surface area (TPSA) is 72.9 Å². The number of carbonyl (C=O) groups excluding carboxylic acids is 1. The fourth-order valence-corrected chi connectivity index (χ4v) is 2.00. The van der Waals surface area contributed by atoms with Gasteiger partial charge in [-0.3, -0.25) is 9.48 Å². The summed E-state index contributed by atoms with van der Waals surface area (Å²) in [6.45, 7) is 1.84. The normalized spacial score (nSPS) is 10.3. The van der Waals surface area contributed by atoms with Gasteiger partial charge in [0.15, 0.2) is 0 Å². The fraction of sp³-hybridized carbons (Fsp3) is 0.154. The summed E-state index contributed by atoms with van der Waals surface area (Å²) in [4.78, 5) is 12.4. The third-order valence-corrected chi connectivity index (χ3v) is 3.50. The van der Waals surface area contributed by atoms with Crippen LogP contribution in [-0.2, 0) is 7.05 Å². The molecule has 0 aliphatic rings. The largest absolute Gasteiger partial charge is 0.389 e. The van der Waals surface area contributed by atoms with Crippen molar-refractivity contribution in [1.82, 2.24) is 9.78 Å². The van der Waals surface area contributed by atoms with Crippen LogP contribution in [0.1, 0.15) is 21.5 Å². The van der Waals surface area contributed by atoms with Crippen LogP contribution in [0.3, 0.4) is 0 Å². The second kappa shape index (κ2) is 5.60. The molecule has 0 fully saturated rings.